The standard InChI is InChI=1S/C19H19NO3/c1-13(14-8-4-2-5-9-14)20-17-16(12-22-19(17)21)18(23-20)15-10-6-3-7-11-15/h2-11,13,16-18H,12H2,1H3/t13-,16+,17+,18-/m0/s1. The maximum atomic E-state index is 12.2. The maximum absolute atomic E-state index is 12.2. The Kier molecular flexibility index (Phi) is 3.63. The summed E-state index contributed by atoms with van der Waals surface area (Å²) in [5, 5.41) is 1.83. The second-order valence-corrected chi connectivity index (χ2v) is 6.12. The highest BCUT2D eigenvalue weighted by molar-refractivity contribution is 5.78. The topological polar surface area (TPSA) is 38.8 Å². The van der Waals surface area contributed by atoms with Crippen molar-refractivity contribution in [2.75, 3.05) is 6.61 Å². The monoisotopic (exact) mass is 309 g/mol. The molecule has 0 aromatic heterocycles. The van der Waals surface area contributed by atoms with Gasteiger partial charge < -0.3 is 4.74 Å². The first-order valence-electron chi connectivity index (χ1n) is 7.97. The number of ether oxygens (including phenoxy) is 1. The number of nitrogens with zero attached hydrogens (tertiary/aromatic N) is 1. The van der Waals surface area contributed by atoms with E-state index in [1.165, 1.54) is 0 Å². The van der Waals surface area contributed by atoms with E-state index in [1.807, 2.05) is 53.6 Å². The second-order valence-electron chi connectivity index (χ2n) is 6.12. The summed E-state index contributed by atoms with van der Waals surface area (Å²) < 4.78 is 5.33. The summed E-state index contributed by atoms with van der Waals surface area (Å²) in [6, 6.07) is 19.8. The molecule has 0 unspecified atom stereocenters. The van der Waals surface area contributed by atoms with Gasteiger partial charge in [-0.25, -0.2) is 0 Å². The number of hydrogen-bond donors (Lipinski definition) is 0. The van der Waals surface area contributed by atoms with Gasteiger partial charge in [0.15, 0.2) is 0 Å². The Bertz CT molecular complexity index is 688. The molecule has 23 heavy (non-hydrogen) atoms. The lowest BCUT2D eigenvalue weighted by Crippen LogP contribution is -2.37. The van der Waals surface area contributed by atoms with Crippen LogP contribution < -0.4 is 0 Å². The molecule has 0 spiro atoms. The average molecular weight is 309 g/mol. The minimum Gasteiger partial charge on any atom is -0.464 e. The quantitative estimate of drug-likeness (QED) is 0.816. The van der Waals surface area contributed by atoms with Crippen LogP contribution in [0.2, 0.25) is 0 Å². The Hall–Kier alpha value is -2.17. The van der Waals surface area contributed by atoms with Crippen LogP contribution in [0.1, 0.15) is 30.2 Å². The predicted octanol–water partition coefficient (Wildman–Crippen LogP) is 3.28. The van der Waals surface area contributed by atoms with Crippen LogP contribution in [0.3, 0.4) is 0 Å². The molecular formula is C19H19NO3. The van der Waals surface area contributed by atoms with Crippen molar-refractivity contribution in [2.45, 2.75) is 25.1 Å². The molecule has 2 aliphatic heterocycles. The van der Waals surface area contributed by atoms with Crippen molar-refractivity contribution < 1.29 is 14.4 Å². The van der Waals surface area contributed by atoms with E-state index in [2.05, 4.69) is 19.1 Å². The zero-order valence-corrected chi connectivity index (χ0v) is 13.0. The maximum Gasteiger partial charge on any atom is 0.326 e. The SMILES string of the molecule is C[C@@H](c1ccccc1)N1O[C@@H](c2ccccc2)[C@@H]2COC(=O)[C@@H]21. The zero-order valence-electron chi connectivity index (χ0n) is 13.0. The summed E-state index contributed by atoms with van der Waals surface area (Å²) in [5.74, 6) is -0.146. The third kappa shape index (κ3) is 2.44. The number of fused-ring (bicyclic) bond motifs is 1. The van der Waals surface area contributed by atoms with Gasteiger partial charge in [-0.05, 0) is 18.1 Å². The predicted molar refractivity (Wildman–Crippen MR) is 85.2 cm³/mol. The lowest BCUT2D eigenvalue weighted by atomic mass is 9.92. The fraction of sp³-hybridized carbons (Fsp3) is 0.316. The van der Waals surface area contributed by atoms with Gasteiger partial charge in [0.1, 0.15) is 12.1 Å². The lowest BCUT2D eigenvalue weighted by molar-refractivity contribution is -0.202. The van der Waals surface area contributed by atoms with E-state index in [9.17, 15) is 4.79 Å². The van der Waals surface area contributed by atoms with Crippen LogP contribution in [-0.2, 0) is 14.4 Å². The van der Waals surface area contributed by atoms with Gasteiger partial charge in [-0.3, -0.25) is 9.63 Å². The van der Waals surface area contributed by atoms with Crippen molar-refractivity contribution >= 4 is 5.97 Å². The third-order valence-corrected chi connectivity index (χ3v) is 4.76. The molecule has 2 fully saturated rings. The molecule has 4 nitrogen and oxygen atoms in total. The van der Waals surface area contributed by atoms with Crippen molar-refractivity contribution in [3.63, 3.8) is 0 Å². The van der Waals surface area contributed by atoms with Crippen LogP contribution in [-0.4, -0.2) is 23.7 Å². The van der Waals surface area contributed by atoms with Crippen LogP contribution >= 0.6 is 0 Å². The van der Waals surface area contributed by atoms with Gasteiger partial charge in [0.25, 0.3) is 0 Å². The summed E-state index contributed by atoms with van der Waals surface area (Å²) in [6.45, 7) is 2.48. The van der Waals surface area contributed by atoms with Crippen molar-refractivity contribution in [2.24, 2.45) is 5.92 Å². The summed E-state index contributed by atoms with van der Waals surface area (Å²) >= 11 is 0. The fourth-order valence-electron chi connectivity index (χ4n) is 3.51. The summed E-state index contributed by atoms with van der Waals surface area (Å²) in [5.41, 5.74) is 2.21. The molecule has 4 atom stereocenters. The number of carbonyl (C=O) groups is 1. The third-order valence-electron chi connectivity index (χ3n) is 4.76. The highest BCUT2D eigenvalue weighted by Gasteiger charge is 2.54. The largest absolute Gasteiger partial charge is 0.464 e. The smallest absolute Gasteiger partial charge is 0.326 e. The molecular weight excluding hydrogens is 290 g/mol. The van der Waals surface area contributed by atoms with Crippen LogP contribution in [0.4, 0.5) is 0 Å². The first kappa shape index (κ1) is 14.4. The number of hydroxylamine groups is 2. The number of hydrogen-bond acceptors (Lipinski definition) is 4. The van der Waals surface area contributed by atoms with Crippen molar-refractivity contribution in [3.05, 3.63) is 71.8 Å². The Labute approximate surface area is 135 Å². The molecule has 2 aliphatic rings. The summed E-state index contributed by atoms with van der Waals surface area (Å²) in [6.07, 6.45) is -0.140. The number of esters is 1. The first-order valence-corrected chi connectivity index (χ1v) is 7.97. The van der Waals surface area contributed by atoms with Gasteiger partial charge in [-0.2, -0.15) is 5.06 Å². The van der Waals surface area contributed by atoms with E-state index < -0.39 is 0 Å². The lowest BCUT2D eigenvalue weighted by Gasteiger charge is -2.27. The molecule has 118 valence electrons. The van der Waals surface area contributed by atoms with Crippen LogP contribution in [0, 0.1) is 5.92 Å². The van der Waals surface area contributed by atoms with Gasteiger partial charge in [-0.1, -0.05) is 60.7 Å². The molecule has 0 radical (unpaired) electrons. The number of cyclic esters (lactones) is 1. The van der Waals surface area contributed by atoms with E-state index in [4.69, 9.17) is 9.57 Å². The molecule has 0 aliphatic carbocycles. The van der Waals surface area contributed by atoms with Gasteiger partial charge in [0, 0.05) is 0 Å². The van der Waals surface area contributed by atoms with Crippen LogP contribution in [0.15, 0.2) is 60.7 Å². The van der Waals surface area contributed by atoms with Crippen LogP contribution in [0.5, 0.6) is 0 Å². The van der Waals surface area contributed by atoms with Crippen molar-refractivity contribution in [3.8, 4) is 0 Å². The molecule has 4 heteroatoms. The number of rotatable bonds is 3. The molecule has 0 N–H and O–H groups in total. The molecule has 4 rings (SSSR count). The molecule has 2 saturated heterocycles. The van der Waals surface area contributed by atoms with E-state index in [0.29, 0.717) is 6.61 Å². The van der Waals surface area contributed by atoms with E-state index >= 15 is 0 Å². The summed E-state index contributed by atoms with van der Waals surface area (Å²) in [4.78, 5) is 18.5. The molecule has 2 aromatic rings. The molecule has 0 amide bonds. The van der Waals surface area contributed by atoms with Gasteiger partial charge in [0.2, 0.25) is 0 Å². The Morgan fingerprint density at radius 1 is 1.04 bits per heavy atom. The molecule has 0 saturated carbocycles. The first-order chi connectivity index (χ1) is 11.3. The van der Waals surface area contributed by atoms with Crippen molar-refractivity contribution in [1.29, 1.82) is 0 Å². The fourth-order valence-corrected chi connectivity index (χ4v) is 3.51. The van der Waals surface area contributed by atoms with Gasteiger partial charge in [-0.15, -0.1) is 0 Å². The Balaban J connectivity index is 1.66. The highest BCUT2D eigenvalue weighted by Crippen LogP contribution is 2.45. The van der Waals surface area contributed by atoms with E-state index in [0.717, 1.165) is 11.1 Å². The molecule has 2 aromatic carbocycles. The molecule has 0 bridgehead atoms. The zero-order chi connectivity index (χ0) is 15.8. The average Bonchev–Trinajstić information content (AvgIpc) is 3.17. The minimum atomic E-state index is -0.338. The Morgan fingerprint density at radius 3 is 2.39 bits per heavy atom. The second kappa shape index (κ2) is 5.80. The van der Waals surface area contributed by atoms with Gasteiger partial charge >= 0.3 is 5.97 Å². The minimum absolute atomic E-state index is 0.0111. The molecule has 2 heterocycles. The van der Waals surface area contributed by atoms with E-state index in [1.54, 1.807) is 0 Å². The summed E-state index contributed by atoms with van der Waals surface area (Å²) in [7, 11) is 0. The van der Waals surface area contributed by atoms with Crippen molar-refractivity contribution in [1.82, 2.24) is 5.06 Å². The van der Waals surface area contributed by atoms with E-state index in [-0.39, 0.29) is 30.1 Å². The van der Waals surface area contributed by atoms with Gasteiger partial charge in [0.05, 0.1) is 18.6 Å². The number of benzene rings is 2. The normalized spacial score (nSPS) is 28.4. The Morgan fingerprint density at radius 2 is 1.70 bits per heavy atom. The van der Waals surface area contributed by atoms with Crippen LogP contribution in [0.25, 0.3) is 0 Å². The highest BCUT2D eigenvalue weighted by atomic mass is 16.7. The number of carbonyl (C=O) groups excluding carboxylic acids is 1.